The number of anilines is 2. The predicted molar refractivity (Wildman–Crippen MR) is 163 cm³/mol. The van der Waals surface area contributed by atoms with Gasteiger partial charge in [-0.2, -0.15) is 14.3 Å². The Hall–Kier alpha value is -3.55. The largest absolute Gasteiger partial charge is 0.475 e. The third-order valence-electron chi connectivity index (χ3n) is 7.85. The van der Waals surface area contributed by atoms with Crippen LogP contribution in [0.3, 0.4) is 0 Å². The molecule has 2 aromatic carbocycles. The first kappa shape index (κ1) is 28.6. The lowest BCUT2D eigenvalue weighted by Crippen LogP contribution is -2.43. The highest BCUT2D eigenvalue weighted by atomic mass is 32.2. The minimum Gasteiger partial charge on any atom is -0.475 e. The van der Waals surface area contributed by atoms with Crippen molar-refractivity contribution < 1.29 is 17.9 Å². The number of fused-ring (bicyclic) bond motifs is 1. The van der Waals surface area contributed by atoms with E-state index in [-0.39, 0.29) is 0 Å². The molecule has 0 amide bonds. The van der Waals surface area contributed by atoms with Gasteiger partial charge in [-0.15, -0.1) is 0 Å². The Labute approximate surface area is 246 Å². The zero-order valence-corrected chi connectivity index (χ0v) is 24.9. The lowest BCUT2D eigenvalue weighted by Gasteiger charge is -2.32. The second-order valence-electron chi connectivity index (χ2n) is 10.8. The number of rotatable bonds is 11. The molecule has 2 saturated heterocycles. The maximum Gasteiger partial charge on any atom is 0.243 e. The fourth-order valence-electron chi connectivity index (χ4n) is 5.18. The summed E-state index contributed by atoms with van der Waals surface area (Å²) in [6, 6.07) is 15.3. The maximum atomic E-state index is 12.8. The Kier molecular flexibility index (Phi) is 8.41. The summed E-state index contributed by atoms with van der Waals surface area (Å²) in [5.41, 5.74) is 4.41. The van der Waals surface area contributed by atoms with Gasteiger partial charge >= 0.3 is 0 Å². The van der Waals surface area contributed by atoms with Crippen LogP contribution in [0.4, 0.5) is 11.6 Å². The quantitative estimate of drug-likeness (QED) is 0.253. The number of hydrogen-bond acceptors (Lipinski definition) is 9. The molecule has 0 saturated carbocycles. The van der Waals surface area contributed by atoms with Crippen LogP contribution in [0.15, 0.2) is 59.6 Å². The molecule has 2 aliphatic heterocycles. The van der Waals surface area contributed by atoms with E-state index in [1.807, 2.05) is 30.5 Å². The van der Waals surface area contributed by atoms with Crippen molar-refractivity contribution in [2.45, 2.75) is 17.9 Å². The molecule has 6 rings (SSSR count). The van der Waals surface area contributed by atoms with Crippen LogP contribution in [-0.4, -0.2) is 104 Å². The monoisotopic (exact) mass is 591 g/mol. The standard InChI is InChI=1S/C30H37N7O4S/c1-35-14-16-36(17-15-35)21-22-4-8-24(9-5-22)32-30-33-28-27(29(34-30)41-19-18-40-2)26(20-31-28)23-6-10-25(11-7-23)42(38,39)37-12-3-13-37/h4-11,20H,3,12-19,21H2,1-2H3,(H2,31,32,33,34). The third kappa shape index (κ3) is 6.13. The highest BCUT2D eigenvalue weighted by Gasteiger charge is 2.29. The molecule has 0 atom stereocenters. The number of piperazine rings is 1. The molecule has 0 radical (unpaired) electrons. The molecule has 42 heavy (non-hydrogen) atoms. The first-order valence-electron chi connectivity index (χ1n) is 14.3. The summed E-state index contributed by atoms with van der Waals surface area (Å²) in [6.45, 7) is 7.16. The first-order chi connectivity index (χ1) is 20.4. The second kappa shape index (κ2) is 12.4. The highest BCUT2D eigenvalue weighted by Crippen LogP contribution is 2.35. The molecule has 4 heterocycles. The molecular weight excluding hydrogens is 554 g/mol. The van der Waals surface area contributed by atoms with Crippen molar-refractivity contribution in [3.8, 4) is 17.0 Å². The van der Waals surface area contributed by atoms with Gasteiger partial charge in [0.05, 0.1) is 16.9 Å². The average Bonchev–Trinajstić information content (AvgIpc) is 3.39. The molecule has 2 aromatic heterocycles. The van der Waals surface area contributed by atoms with Crippen LogP contribution in [0.2, 0.25) is 0 Å². The summed E-state index contributed by atoms with van der Waals surface area (Å²) in [6.07, 6.45) is 2.75. The number of aromatic amines is 1. The summed E-state index contributed by atoms with van der Waals surface area (Å²) >= 11 is 0. The molecule has 11 nitrogen and oxygen atoms in total. The molecule has 222 valence electrons. The number of benzene rings is 2. The van der Waals surface area contributed by atoms with E-state index in [1.165, 1.54) is 9.87 Å². The van der Waals surface area contributed by atoms with Gasteiger partial charge < -0.3 is 24.7 Å². The molecule has 0 bridgehead atoms. The van der Waals surface area contributed by atoms with Crippen LogP contribution in [0.5, 0.6) is 5.88 Å². The highest BCUT2D eigenvalue weighted by molar-refractivity contribution is 7.89. The Morgan fingerprint density at radius 1 is 0.929 bits per heavy atom. The molecule has 0 spiro atoms. The smallest absolute Gasteiger partial charge is 0.243 e. The number of nitrogens with one attached hydrogen (secondary N) is 2. The number of H-pyrrole nitrogens is 1. The van der Waals surface area contributed by atoms with Gasteiger partial charge in [-0.05, 0) is 48.9 Å². The number of hydrogen-bond donors (Lipinski definition) is 2. The van der Waals surface area contributed by atoms with E-state index in [4.69, 9.17) is 19.4 Å². The predicted octanol–water partition coefficient (Wildman–Crippen LogP) is 3.54. The van der Waals surface area contributed by atoms with Gasteiger partial charge in [-0.1, -0.05) is 24.3 Å². The molecule has 2 fully saturated rings. The fraction of sp³-hybridized carbons (Fsp3) is 0.400. The van der Waals surface area contributed by atoms with Crippen LogP contribution < -0.4 is 10.1 Å². The van der Waals surface area contributed by atoms with Gasteiger partial charge in [0.2, 0.25) is 21.9 Å². The van der Waals surface area contributed by atoms with Crippen LogP contribution in [0.1, 0.15) is 12.0 Å². The minimum absolute atomic E-state index is 0.291. The SMILES string of the molecule is COCCOc1nc(Nc2ccc(CN3CCN(C)CC3)cc2)nc2[nH]cc(-c3ccc(S(=O)(=O)N4CCC4)cc3)c12. The van der Waals surface area contributed by atoms with E-state index in [0.29, 0.717) is 48.7 Å². The molecule has 4 aromatic rings. The van der Waals surface area contributed by atoms with E-state index < -0.39 is 10.0 Å². The average molecular weight is 592 g/mol. The topological polar surface area (TPSA) is 116 Å². The molecule has 12 heteroatoms. The van der Waals surface area contributed by atoms with Gasteiger partial charge in [0.1, 0.15) is 12.3 Å². The molecule has 2 aliphatic rings. The summed E-state index contributed by atoms with van der Waals surface area (Å²) < 4.78 is 38.3. The molecule has 0 aliphatic carbocycles. The number of nitrogens with zero attached hydrogens (tertiary/aromatic N) is 5. The number of ether oxygens (including phenoxy) is 2. The summed E-state index contributed by atoms with van der Waals surface area (Å²) in [4.78, 5) is 17.8. The lowest BCUT2D eigenvalue weighted by atomic mass is 10.1. The number of sulfonamides is 1. The lowest BCUT2D eigenvalue weighted by molar-refractivity contribution is 0.144. The number of aromatic nitrogens is 3. The van der Waals surface area contributed by atoms with E-state index in [9.17, 15) is 8.42 Å². The summed E-state index contributed by atoms with van der Waals surface area (Å²) in [5.74, 6) is 0.825. The Morgan fingerprint density at radius 2 is 1.67 bits per heavy atom. The van der Waals surface area contributed by atoms with Crippen molar-refractivity contribution in [1.29, 1.82) is 0 Å². The molecule has 0 unspecified atom stereocenters. The maximum absolute atomic E-state index is 12.8. The third-order valence-corrected chi connectivity index (χ3v) is 9.77. The van der Waals surface area contributed by atoms with Crippen LogP contribution >= 0.6 is 0 Å². The Morgan fingerprint density at radius 3 is 2.33 bits per heavy atom. The van der Waals surface area contributed by atoms with Crippen LogP contribution in [0, 0.1) is 0 Å². The van der Waals surface area contributed by atoms with E-state index in [0.717, 1.165) is 61.3 Å². The van der Waals surface area contributed by atoms with Crippen molar-refractivity contribution >= 4 is 32.7 Å². The molecule has 2 N–H and O–H groups in total. The fourth-order valence-corrected chi connectivity index (χ4v) is 6.70. The summed E-state index contributed by atoms with van der Waals surface area (Å²) in [5, 5.41) is 4.03. The Bertz CT molecular complexity index is 1610. The summed E-state index contributed by atoms with van der Waals surface area (Å²) in [7, 11) is 0.337. The zero-order chi connectivity index (χ0) is 29.1. The van der Waals surface area contributed by atoms with Crippen molar-refractivity contribution in [3.63, 3.8) is 0 Å². The van der Waals surface area contributed by atoms with Gasteiger partial charge in [-0.3, -0.25) is 4.90 Å². The van der Waals surface area contributed by atoms with Gasteiger partial charge in [0.15, 0.2) is 0 Å². The Balaban J connectivity index is 1.23. The van der Waals surface area contributed by atoms with Crippen molar-refractivity contribution in [2.75, 3.05) is 72.0 Å². The van der Waals surface area contributed by atoms with Crippen molar-refractivity contribution in [3.05, 3.63) is 60.3 Å². The second-order valence-corrected chi connectivity index (χ2v) is 12.7. The normalized spacial score (nSPS) is 16.9. The van der Waals surface area contributed by atoms with Gasteiger partial charge in [0, 0.05) is 70.4 Å². The first-order valence-corrected chi connectivity index (χ1v) is 15.7. The minimum atomic E-state index is -3.45. The van der Waals surface area contributed by atoms with Crippen molar-refractivity contribution in [2.24, 2.45) is 0 Å². The number of methoxy groups -OCH3 is 1. The van der Waals surface area contributed by atoms with E-state index in [1.54, 1.807) is 19.2 Å². The van der Waals surface area contributed by atoms with E-state index >= 15 is 0 Å². The van der Waals surface area contributed by atoms with E-state index in [2.05, 4.69) is 39.3 Å². The van der Waals surface area contributed by atoms with Crippen molar-refractivity contribution in [1.82, 2.24) is 29.1 Å². The molecular formula is C30H37N7O4S. The van der Waals surface area contributed by atoms with Gasteiger partial charge in [0.25, 0.3) is 0 Å². The van der Waals surface area contributed by atoms with Crippen LogP contribution in [-0.2, 0) is 21.3 Å². The van der Waals surface area contributed by atoms with Crippen LogP contribution in [0.25, 0.3) is 22.2 Å². The number of likely N-dealkylation sites (N-methyl/N-ethyl adjacent to an activating group) is 1. The van der Waals surface area contributed by atoms with Gasteiger partial charge in [-0.25, -0.2) is 8.42 Å². The zero-order valence-electron chi connectivity index (χ0n) is 24.0.